The Labute approximate surface area is 238 Å². The molecular weight excluding hydrogens is 524 g/mol. The van der Waals surface area contributed by atoms with Gasteiger partial charge in [0, 0.05) is 10.8 Å². The zero-order chi connectivity index (χ0) is 29.0. The van der Waals surface area contributed by atoms with Gasteiger partial charge < -0.3 is 14.6 Å². The maximum Gasteiger partial charge on any atom is 0.385 e. The number of aromatic hydroxyl groups is 1. The second-order valence-corrected chi connectivity index (χ2v) is 12.3. The predicted octanol–water partition coefficient (Wildman–Crippen LogP) is 6.40. The summed E-state index contributed by atoms with van der Waals surface area (Å²) in [5, 5.41) is 19.0. The molecule has 1 unspecified atom stereocenters. The average molecular weight is 559 g/mol. The molecule has 0 aliphatic heterocycles. The first-order valence-electron chi connectivity index (χ1n) is 14.2. The van der Waals surface area contributed by atoms with Crippen LogP contribution in [0.15, 0.2) is 72.3 Å². The van der Waals surface area contributed by atoms with Gasteiger partial charge >= 0.3 is 11.9 Å². The van der Waals surface area contributed by atoms with Crippen molar-refractivity contribution in [2.75, 3.05) is 0 Å². The number of fused-ring (bicyclic) bond motifs is 5. The van der Waals surface area contributed by atoms with E-state index in [0.717, 1.165) is 19.3 Å². The number of hydrogen-bond acceptors (Lipinski definition) is 8. The first-order valence-corrected chi connectivity index (χ1v) is 14.2. The molecule has 0 spiro atoms. The van der Waals surface area contributed by atoms with Crippen LogP contribution >= 0.6 is 0 Å². The van der Waals surface area contributed by atoms with Crippen LogP contribution in [0.1, 0.15) is 62.7 Å². The van der Waals surface area contributed by atoms with Crippen LogP contribution in [0.25, 0.3) is 0 Å². The number of ketones is 1. The number of hydrogen-bond donors (Lipinski definition) is 2. The normalized spacial score (nSPS) is 33.6. The van der Waals surface area contributed by atoms with E-state index >= 15 is 0 Å². The second-order valence-electron chi connectivity index (χ2n) is 12.3. The third-order valence-electron chi connectivity index (χ3n) is 10.5. The van der Waals surface area contributed by atoms with Crippen molar-refractivity contribution >= 4 is 17.7 Å². The summed E-state index contributed by atoms with van der Waals surface area (Å²) in [6.45, 7) is 4.20. The largest absolute Gasteiger partial charge is 0.508 e. The van der Waals surface area contributed by atoms with Crippen LogP contribution in [0.5, 0.6) is 17.2 Å². The van der Waals surface area contributed by atoms with Crippen molar-refractivity contribution < 1.29 is 39.1 Å². The highest BCUT2D eigenvalue weighted by atomic mass is 17.1. The zero-order valence-electron chi connectivity index (χ0n) is 23.2. The molecule has 6 atom stereocenters. The van der Waals surface area contributed by atoms with Gasteiger partial charge in [0.1, 0.15) is 17.2 Å². The summed E-state index contributed by atoms with van der Waals surface area (Å²) in [7, 11) is 0. The van der Waals surface area contributed by atoms with Gasteiger partial charge in [0.15, 0.2) is 5.78 Å². The SMILES string of the molecule is C[C@]12C=CC(=O)C=C1CC[C@@H]1[C@@H]2CC[C@@]2(C)[C@H]1CCC2(OC(=O)c1ccc(Oc2ccc(O)cc2)cc1)C(=O)OO. The highest BCUT2D eigenvalue weighted by Crippen LogP contribution is 2.68. The molecule has 2 aromatic rings. The van der Waals surface area contributed by atoms with Crippen LogP contribution in [0.3, 0.4) is 0 Å². The quantitative estimate of drug-likeness (QED) is 0.246. The van der Waals surface area contributed by atoms with Gasteiger partial charge in [-0.25, -0.2) is 9.59 Å². The monoisotopic (exact) mass is 558 g/mol. The topological polar surface area (TPSA) is 119 Å². The van der Waals surface area contributed by atoms with E-state index in [2.05, 4.69) is 17.9 Å². The number of esters is 1. The molecule has 8 heteroatoms. The van der Waals surface area contributed by atoms with Gasteiger partial charge in [-0.15, -0.1) is 0 Å². The molecule has 41 heavy (non-hydrogen) atoms. The predicted molar refractivity (Wildman–Crippen MR) is 148 cm³/mol. The van der Waals surface area contributed by atoms with Crippen LogP contribution in [-0.2, 0) is 19.2 Å². The Kier molecular flexibility index (Phi) is 6.57. The lowest BCUT2D eigenvalue weighted by molar-refractivity contribution is -0.262. The maximum absolute atomic E-state index is 13.5. The van der Waals surface area contributed by atoms with E-state index in [1.807, 2.05) is 6.92 Å². The minimum absolute atomic E-state index is 0.0361. The number of rotatable bonds is 5. The van der Waals surface area contributed by atoms with Crippen molar-refractivity contribution in [3.05, 3.63) is 77.9 Å². The van der Waals surface area contributed by atoms with Crippen LogP contribution in [0.4, 0.5) is 0 Å². The van der Waals surface area contributed by atoms with Crippen molar-refractivity contribution in [2.24, 2.45) is 28.6 Å². The van der Waals surface area contributed by atoms with E-state index in [-0.39, 0.29) is 40.8 Å². The number of carbonyl (C=O) groups excluding carboxylic acids is 3. The number of carbonyl (C=O) groups is 3. The van der Waals surface area contributed by atoms with Crippen molar-refractivity contribution in [1.29, 1.82) is 0 Å². The Morgan fingerprint density at radius 2 is 1.56 bits per heavy atom. The van der Waals surface area contributed by atoms with Crippen LogP contribution in [-0.4, -0.2) is 33.7 Å². The maximum atomic E-state index is 13.5. The number of allylic oxidation sites excluding steroid dienone is 4. The van der Waals surface area contributed by atoms with Gasteiger partial charge in [0.05, 0.1) is 5.56 Å². The highest BCUT2D eigenvalue weighted by molar-refractivity contribution is 6.01. The summed E-state index contributed by atoms with van der Waals surface area (Å²) in [5.41, 5.74) is -1.13. The summed E-state index contributed by atoms with van der Waals surface area (Å²) in [5.74, 6) is 0.229. The Morgan fingerprint density at radius 3 is 2.24 bits per heavy atom. The van der Waals surface area contributed by atoms with E-state index in [1.54, 1.807) is 48.6 Å². The third-order valence-corrected chi connectivity index (χ3v) is 10.5. The first-order chi connectivity index (χ1) is 19.6. The first kappa shape index (κ1) is 27.3. The molecular formula is C33H34O8. The third kappa shape index (κ3) is 4.27. The average Bonchev–Trinajstić information content (AvgIpc) is 3.27. The molecule has 4 aliphatic rings. The molecule has 3 saturated carbocycles. The number of phenols is 1. The van der Waals surface area contributed by atoms with Crippen molar-refractivity contribution in [3.63, 3.8) is 0 Å². The molecule has 6 rings (SSSR count). The van der Waals surface area contributed by atoms with E-state index in [9.17, 15) is 24.7 Å². The standard InChI is InChI=1S/C33H34O8/c1-31-16-13-23(35)19-21(31)5-12-26-27(31)14-17-32(2)28(26)15-18-33(32,30(37)41-38)40-29(36)20-3-8-24(9-4-20)39-25-10-6-22(34)7-11-25/h3-4,6-11,13,16,19,26-28,34,38H,5,12,14-15,17-18H2,1-2H3/t26-,27+,28+,31+,32+,33?/m1/s1. The molecule has 0 aromatic heterocycles. The zero-order valence-corrected chi connectivity index (χ0v) is 23.2. The summed E-state index contributed by atoms with van der Waals surface area (Å²) in [6.07, 6.45) is 9.57. The summed E-state index contributed by atoms with van der Waals surface area (Å²) >= 11 is 0. The fourth-order valence-electron chi connectivity index (χ4n) is 8.34. The fourth-order valence-corrected chi connectivity index (χ4v) is 8.34. The van der Waals surface area contributed by atoms with Crippen molar-refractivity contribution in [3.8, 4) is 17.2 Å². The molecule has 0 amide bonds. The second kappa shape index (κ2) is 9.87. The van der Waals surface area contributed by atoms with Gasteiger partial charge in [-0.3, -0.25) is 9.68 Å². The molecule has 214 valence electrons. The smallest absolute Gasteiger partial charge is 0.385 e. The van der Waals surface area contributed by atoms with Gasteiger partial charge in [0.2, 0.25) is 5.60 Å². The number of ether oxygens (including phenoxy) is 2. The molecule has 0 bridgehead atoms. The molecule has 0 heterocycles. The Bertz CT molecular complexity index is 1440. The van der Waals surface area contributed by atoms with Gasteiger partial charge in [0.25, 0.3) is 0 Å². The number of phenolic OH excluding ortho intramolecular Hbond substituents is 1. The fraction of sp³-hybridized carbons (Fsp3) is 0.424. The summed E-state index contributed by atoms with van der Waals surface area (Å²) in [4.78, 5) is 43.2. The van der Waals surface area contributed by atoms with Crippen LogP contribution < -0.4 is 4.74 Å². The van der Waals surface area contributed by atoms with Crippen LogP contribution in [0.2, 0.25) is 0 Å². The minimum atomic E-state index is -1.62. The van der Waals surface area contributed by atoms with E-state index in [0.29, 0.717) is 30.3 Å². The van der Waals surface area contributed by atoms with E-state index in [1.165, 1.54) is 17.7 Å². The molecule has 4 aliphatic carbocycles. The van der Waals surface area contributed by atoms with Gasteiger partial charge in [-0.2, -0.15) is 5.26 Å². The van der Waals surface area contributed by atoms with E-state index < -0.39 is 23.0 Å². The molecule has 2 N–H and O–H groups in total. The highest BCUT2D eigenvalue weighted by Gasteiger charge is 2.70. The minimum Gasteiger partial charge on any atom is -0.508 e. The molecule has 0 saturated heterocycles. The lowest BCUT2D eigenvalue weighted by Gasteiger charge is -2.57. The summed E-state index contributed by atoms with van der Waals surface area (Å²) in [6, 6.07) is 12.7. The van der Waals surface area contributed by atoms with E-state index in [4.69, 9.17) is 9.47 Å². The van der Waals surface area contributed by atoms with Gasteiger partial charge in [-0.1, -0.05) is 25.5 Å². The molecule has 8 nitrogen and oxygen atoms in total. The Hall–Kier alpha value is -3.91. The number of benzene rings is 2. The van der Waals surface area contributed by atoms with Gasteiger partial charge in [-0.05, 0) is 117 Å². The Balaban J connectivity index is 1.24. The molecule has 2 aromatic carbocycles. The summed E-state index contributed by atoms with van der Waals surface area (Å²) < 4.78 is 11.9. The lowest BCUT2D eigenvalue weighted by atomic mass is 9.47. The molecule has 0 radical (unpaired) electrons. The van der Waals surface area contributed by atoms with Crippen molar-refractivity contribution in [2.45, 2.75) is 58.0 Å². The Morgan fingerprint density at radius 1 is 0.902 bits per heavy atom. The van der Waals surface area contributed by atoms with Crippen molar-refractivity contribution in [1.82, 2.24) is 0 Å². The van der Waals surface area contributed by atoms with Crippen LogP contribution in [0, 0.1) is 28.6 Å². The lowest BCUT2D eigenvalue weighted by Crippen LogP contribution is -2.59. The molecule has 3 fully saturated rings.